The molecule has 3 rings (SSSR count). The summed E-state index contributed by atoms with van der Waals surface area (Å²) in [4.78, 5) is 4.23. The summed E-state index contributed by atoms with van der Waals surface area (Å²) >= 11 is 3.40. The van der Waals surface area contributed by atoms with E-state index in [-0.39, 0.29) is 6.61 Å². The van der Waals surface area contributed by atoms with E-state index in [1.54, 1.807) is 12.3 Å². The van der Waals surface area contributed by atoms with Gasteiger partial charge in [0, 0.05) is 10.7 Å². The first-order chi connectivity index (χ1) is 8.20. The fourth-order valence-electron chi connectivity index (χ4n) is 2.03. The van der Waals surface area contributed by atoms with E-state index in [1.807, 2.05) is 30.3 Å². The van der Waals surface area contributed by atoms with Crippen LogP contribution in [0.3, 0.4) is 0 Å². The third-order valence-electron chi connectivity index (χ3n) is 2.90. The van der Waals surface area contributed by atoms with Crippen molar-refractivity contribution in [3.8, 4) is 5.75 Å². The molecule has 86 valence electrons. The van der Waals surface area contributed by atoms with Crippen LogP contribution in [0, 0.1) is 0 Å². The van der Waals surface area contributed by atoms with E-state index in [0.29, 0.717) is 11.4 Å². The summed E-state index contributed by atoms with van der Waals surface area (Å²) in [5.74, 6) is 0.648. The number of halogens is 1. The summed E-state index contributed by atoms with van der Waals surface area (Å²) in [6.07, 6.45) is 1.66. The van der Waals surface area contributed by atoms with E-state index in [4.69, 9.17) is 4.74 Å². The van der Waals surface area contributed by atoms with E-state index in [9.17, 15) is 5.11 Å². The molecule has 1 atom stereocenters. The third-order valence-corrected chi connectivity index (χ3v) is 3.39. The monoisotopic (exact) mass is 291 g/mol. The first-order valence-corrected chi connectivity index (χ1v) is 6.06. The van der Waals surface area contributed by atoms with Crippen molar-refractivity contribution in [2.45, 2.75) is 5.60 Å². The number of rotatable bonds is 1. The number of hydrogen-bond donors (Lipinski definition) is 1. The second kappa shape index (κ2) is 3.82. The number of aliphatic hydroxyl groups is 1. The summed E-state index contributed by atoms with van der Waals surface area (Å²) in [7, 11) is 0. The molecule has 0 amide bonds. The summed E-state index contributed by atoms with van der Waals surface area (Å²) in [5, 5.41) is 10.7. The van der Waals surface area contributed by atoms with E-state index >= 15 is 0 Å². The highest BCUT2D eigenvalue weighted by molar-refractivity contribution is 9.10. The van der Waals surface area contributed by atoms with Crippen molar-refractivity contribution in [2.24, 2.45) is 0 Å². The van der Waals surface area contributed by atoms with Crippen LogP contribution in [0.15, 0.2) is 47.1 Å². The van der Waals surface area contributed by atoms with Crippen LogP contribution in [0.4, 0.5) is 0 Å². The van der Waals surface area contributed by atoms with E-state index in [1.165, 1.54) is 0 Å². The molecule has 0 spiro atoms. The lowest BCUT2D eigenvalue weighted by atomic mass is 9.92. The van der Waals surface area contributed by atoms with Crippen molar-refractivity contribution >= 4 is 15.9 Å². The van der Waals surface area contributed by atoms with Gasteiger partial charge in [0.1, 0.15) is 18.1 Å². The van der Waals surface area contributed by atoms with Gasteiger partial charge in [-0.3, -0.25) is 4.98 Å². The molecule has 0 saturated carbocycles. The van der Waals surface area contributed by atoms with Crippen LogP contribution in [0.5, 0.6) is 5.75 Å². The molecule has 1 aromatic carbocycles. The molecule has 1 aliphatic heterocycles. The van der Waals surface area contributed by atoms with Crippen molar-refractivity contribution in [2.75, 3.05) is 6.61 Å². The quantitative estimate of drug-likeness (QED) is 0.878. The zero-order valence-corrected chi connectivity index (χ0v) is 10.5. The molecule has 0 saturated heterocycles. The lowest BCUT2D eigenvalue weighted by Crippen LogP contribution is -2.29. The minimum atomic E-state index is -1.15. The lowest BCUT2D eigenvalue weighted by Gasteiger charge is -2.20. The van der Waals surface area contributed by atoms with Crippen molar-refractivity contribution < 1.29 is 9.84 Å². The van der Waals surface area contributed by atoms with Gasteiger partial charge < -0.3 is 9.84 Å². The topological polar surface area (TPSA) is 42.4 Å². The number of hydrogen-bond acceptors (Lipinski definition) is 3. The molecule has 0 bridgehead atoms. The van der Waals surface area contributed by atoms with Crippen LogP contribution < -0.4 is 4.74 Å². The summed E-state index contributed by atoms with van der Waals surface area (Å²) in [6.45, 7) is 0.204. The Morgan fingerprint density at radius 1 is 1.29 bits per heavy atom. The molecule has 0 unspecified atom stereocenters. The number of benzene rings is 1. The number of pyridine rings is 1. The molecule has 1 aliphatic rings. The third kappa shape index (κ3) is 1.64. The van der Waals surface area contributed by atoms with Crippen LogP contribution in [0.25, 0.3) is 0 Å². The Morgan fingerprint density at radius 3 is 3.00 bits per heavy atom. The van der Waals surface area contributed by atoms with Crippen LogP contribution in [-0.4, -0.2) is 16.7 Å². The SMILES string of the molecule is O[C@@]1(c2cccc(Br)c2)COc2cccnc21. The van der Waals surface area contributed by atoms with Crippen molar-refractivity contribution in [1.82, 2.24) is 4.98 Å². The fourth-order valence-corrected chi connectivity index (χ4v) is 2.43. The van der Waals surface area contributed by atoms with Gasteiger partial charge in [-0.15, -0.1) is 0 Å². The van der Waals surface area contributed by atoms with Gasteiger partial charge in [0.25, 0.3) is 0 Å². The summed E-state index contributed by atoms with van der Waals surface area (Å²) in [5.41, 5.74) is 0.211. The number of aromatic nitrogens is 1. The van der Waals surface area contributed by atoms with Crippen molar-refractivity contribution in [1.29, 1.82) is 0 Å². The molecule has 0 aliphatic carbocycles. The Balaban J connectivity index is 2.15. The average Bonchev–Trinajstić information content (AvgIpc) is 2.69. The van der Waals surface area contributed by atoms with Gasteiger partial charge in [-0.25, -0.2) is 0 Å². The van der Waals surface area contributed by atoms with E-state index < -0.39 is 5.60 Å². The van der Waals surface area contributed by atoms with Crippen LogP contribution in [0.2, 0.25) is 0 Å². The van der Waals surface area contributed by atoms with Gasteiger partial charge in [-0.2, -0.15) is 0 Å². The minimum Gasteiger partial charge on any atom is -0.488 e. The molecule has 2 heterocycles. The van der Waals surface area contributed by atoms with Gasteiger partial charge >= 0.3 is 0 Å². The largest absolute Gasteiger partial charge is 0.488 e. The van der Waals surface area contributed by atoms with Crippen LogP contribution in [-0.2, 0) is 5.60 Å². The Morgan fingerprint density at radius 2 is 2.18 bits per heavy atom. The van der Waals surface area contributed by atoms with Gasteiger partial charge in [-0.1, -0.05) is 28.1 Å². The zero-order chi connectivity index (χ0) is 11.9. The molecule has 3 nitrogen and oxygen atoms in total. The van der Waals surface area contributed by atoms with Crippen molar-refractivity contribution in [3.63, 3.8) is 0 Å². The maximum absolute atomic E-state index is 10.7. The highest BCUT2D eigenvalue weighted by Gasteiger charge is 2.41. The molecule has 4 heteroatoms. The highest BCUT2D eigenvalue weighted by Crippen LogP contribution is 2.40. The van der Waals surface area contributed by atoms with Gasteiger partial charge in [0.15, 0.2) is 5.60 Å². The van der Waals surface area contributed by atoms with Crippen LogP contribution in [0.1, 0.15) is 11.3 Å². The smallest absolute Gasteiger partial charge is 0.169 e. The second-order valence-corrected chi connectivity index (χ2v) is 4.93. The molecule has 0 fully saturated rings. The summed E-state index contributed by atoms with van der Waals surface area (Å²) in [6, 6.07) is 11.2. The van der Waals surface area contributed by atoms with Crippen molar-refractivity contribution in [3.05, 3.63) is 58.3 Å². The van der Waals surface area contributed by atoms with Gasteiger partial charge in [0.2, 0.25) is 0 Å². The molecule has 0 radical (unpaired) electrons. The lowest BCUT2D eigenvalue weighted by molar-refractivity contribution is 0.0531. The molecule has 2 aromatic rings. The highest BCUT2D eigenvalue weighted by atomic mass is 79.9. The predicted molar refractivity (Wildman–Crippen MR) is 66.9 cm³/mol. The first kappa shape index (κ1) is 10.7. The minimum absolute atomic E-state index is 0.204. The molecular weight excluding hydrogens is 282 g/mol. The maximum Gasteiger partial charge on any atom is 0.169 e. The second-order valence-electron chi connectivity index (χ2n) is 4.01. The average molecular weight is 292 g/mol. The predicted octanol–water partition coefficient (Wildman–Crippen LogP) is 2.47. The zero-order valence-electron chi connectivity index (χ0n) is 8.93. The number of ether oxygens (including phenoxy) is 1. The van der Waals surface area contributed by atoms with E-state index in [2.05, 4.69) is 20.9 Å². The Kier molecular flexibility index (Phi) is 2.42. The standard InChI is InChI=1S/C13H10BrNO2/c14-10-4-1-3-9(7-10)13(16)8-17-11-5-2-6-15-12(11)13/h1-7,16H,8H2/t13-/m1/s1. The Bertz CT molecular complexity index is 573. The Labute approximate surface area is 107 Å². The molecule has 1 N–H and O–H groups in total. The normalized spacial score (nSPS) is 22.0. The summed E-state index contributed by atoms with van der Waals surface area (Å²) < 4.78 is 6.40. The number of fused-ring (bicyclic) bond motifs is 1. The van der Waals surface area contributed by atoms with E-state index in [0.717, 1.165) is 10.0 Å². The molecule has 17 heavy (non-hydrogen) atoms. The Hall–Kier alpha value is -1.39. The van der Waals surface area contributed by atoms with Gasteiger partial charge in [0.05, 0.1) is 0 Å². The molecule has 1 aromatic heterocycles. The van der Waals surface area contributed by atoms with Crippen LogP contribution >= 0.6 is 15.9 Å². The first-order valence-electron chi connectivity index (χ1n) is 5.27. The van der Waals surface area contributed by atoms with Gasteiger partial charge in [-0.05, 0) is 29.8 Å². The molecular formula is C13H10BrNO2. The number of nitrogens with zero attached hydrogens (tertiary/aromatic N) is 1. The maximum atomic E-state index is 10.7. The fraction of sp³-hybridized carbons (Fsp3) is 0.154.